The highest BCUT2D eigenvalue weighted by Crippen LogP contribution is 2.11. The van der Waals surface area contributed by atoms with E-state index in [1.54, 1.807) is 0 Å². The van der Waals surface area contributed by atoms with Crippen molar-refractivity contribution in [3.05, 3.63) is 71.8 Å². The molecule has 1 amide bonds. The van der Waals surface area contributed by atoms with Crippen molar-refractivity contribution in [2.45, 2.75) is 13.0 Å². The van der Waals surface area contributed by atoms with Crippen molar-refractivity contribution in [2.24, 2.45) is 5.92 Å². The Hall–Kier alpha value is -2.14. The van der Waals surface area contributed by atoms with Gasteiger partial charge in [-0.15, -0.1) is 0 Å². The molecule has 2 rings (SSSR count). The van der Waals surface area contributed by atoms with Crippen LogP contribution in [0.25, 0.3) is 0 Å². The lowest BCUT2D eigenvalue weighted by Crippen LogP contribution is -2.36. The van der Waals surface area contributed by atoms with Crippen molar-refractivity contribution in [3.63, 3.8) is 0 Å². The van der Waals surface area contributed by atoms with Crippen molar-refractivity contribution in [1.82, 2.24) is 5.32 Å². The predicted molar refractivity (Wildman–Crippen MR) is 96.7 cm³/mol. The van der Waals surface area contributed by atoms with Crippen molar-refractivity contribution in [1.29, 1.82) is 0 Å². The Morgan fingerprint density at radius 3 is 2.12 bits per heavy atom. The summed E-state index contributed by atoms with van der Waals surface area (Å²) in [6.45, 7) is 0.0887. The van der Waals surface area contributed by atoms with Crippen LogP contribution in [0.15, 0.2) is 60.7 Å². The minimum absolute atomic E-state index is 0.121. The molecule has 0 fully saturated rings. The van der Waals surface area contributed by atoms with Crippen LogP contribution in [0.3, 0.4) is 0 Å². The molecule has 24 heavy (non-hydrogen) atoms. The molecular formula is C19H20BrNO3. The highest BCUT2D eigenvalue weighted by molar-refractivity contribution is 9.09. The van der Waals surface area contributed by atoms with E-state index in [1.165, 1.54) is 0 Å². The summed E-state index contributed by atoms with van der Waals surface area (Å²) >= 11 is 3.37. The third-order valence-corrected chi connectivity index (χ3v) is 4.31. The Morgan fingerprint density at radius 2 is 1.54 bits per heavy atom. The van der Waals surface area contributed by atoms with Gasteiger partial charge < -0.3 is 10.1 Å². The largest absolute Gasteiger partial charge is 0.460 e. The smallest absolute Gasteiger partial charge is 0.325 e. The van der Waals surface area contributed by atoms with E-state index in [4.69, 9.17) is 4.74 Å². The fourth-order valence-electron chi connectivity index (χ4n) is 2.21. The van der Waals surface area contributed by atoms with Crippen LogP contribution in [0, 0.1) is 5.92 Å². The Labute approximate surface area is 150 Å². The first-order chi connectivity index (χ1) is 11.7. The first kappa shape index (κ1) is 18.2. The van der Waals surface area contributed by atoms with Crippen molar-refractivity contribution in [3.8, 4) is 0 Å². The van der Waals surface area contributed by atoms with Gasteiger partial charge in [0.15, 0.2) is 0 Å². The second kappa shape index (κ2) is 9.88. The number of amides is 1. The first-order valence-corrected chi connectivity index (χ1v) is 8.88. The van der Waals surface area contributed by atoms with Crippen LogP contribution >= 0.6 is 15.9 Å². The number of benzene rings is 2. The van der Waals surface area contributed by atoms with Crippen LogP contribution in [-0.2, 0) is 27.4 Å². The molecule has 0 aliphatic rings. The van der Waals surface area contributed by atoms with E-state index < -0.39 is 5.97 Å². The van der Waals surface area contributed by atoms with Gasteiger partial charge in [0.05, 0.1) is 5.92 Å². The lowest BCUT2D eigenvalue weighted by molar-refractivity contribution is -0.145. The quantitative estimate of drug-likeness (QED) is 0.557. The molecule has 0 heterocycles. The average Bonchev–Trinajstić information content (AvgIpc) is 2.64. The number of carbonyl (C=O) groups is 2. The summed E-state index contributed by atoms with van der Waals surface area (Å²) in [6, 6.07) is 19.2. The number of halogens is 1. The Kier molecular flexibility index (Phi) is 7.49. The third kappa shape index (κ3) is 6.16. The molecule has 1 atom stereocenters. The number of hydrogen-bond donors (Lipinski definition) is 1. The molecule has 0 unspecified atom stereocenters. The van der Waals surface area contributed by atoms with Crippen LogP contribution in [0.5, 0.6) is 0 Å². The van der Waals surface area contributed by atoms with E-state index in [2.05, 4.69) is 21.2 Å². The van der Waals surface area contributed by atoms with Gasteiger partial charge in [-0.05, 0) is 17.5 Å². The maximum absolute atomic E-state index is 12.2. The molecule has 2 aromatic rings. The second-order valence-electron chi connectivity index (χ2n) is 5.41. The molecule has 126 valence electrons. The first-order valence-electron chi connectivity index (χ1n) is 7.76. The maximum Gasteiger partial charge on any atom is 0.325 e. The van der Waals surface area contributed by atoms with Gasteiger partial charge in [0, 0.05) is 5.33 Å². The van der Waals surface area contributed by atoms with Crippen LogP contribution in [0.4, 0.5) is 0 Å². The predicted octanol–water partition coefficient (Wildman–Crippen LogP) is 3.10. The van der Waals surface area contributed by atoms with Gasteiger partial charge in [-0.3, -0.25) is 9.59 Å². The number of rotatable bonds is 8. The summed E-state index contributed by atoms with van der Waals surface area (Å²) in [5.74, 6) is -0.832. The zero-order valence-electron chi connectivity index (χ0n) is 13.3. The number of hydrogen-bond acceptors (Lipinski definition) is 3. The molecular weight excluding hydrogens is 370 g/mol. The summed E-state index contributed by atoms with van der Waals surface area (Å²) in [4.78, 5) is 23.9. The number of esters is 1. The molecule has 0 aliphatic heterocycles. The van der Waals surface area contributed by atoms with Crippen LogP contribution in [0.1, 0.15) is 11.1 Å². The molecule has 2 aromatic carbocycles. The van der Waals surface area contributed by atoms with Crippen LogP contribution < -0.4 is 5.32 Å². The van der Waals surface area contributed by atoms with Gasteiger partial charge in [-0.1, -0.05) is 76.6 Å². The van der Waals surface area contributed by atoms with Gasteiger partial charge in [-0.2, -0.15) is 0 Å². The molecule has 0 bridgehead atoms. The van der Waals surface area contributed by atoms with E-state index in [9.17, 15) is 9.59 Å². The highest BCUT2D eigenvalue weighted by atomic mass is 79.9. The van der Waals surface area contributed by atoms with Gasteiger partial charge >= 0.3 is 5.97 Å². The molecule has 0 spiro atoms. The van der Waals surface area contributed by atoms with Crippen LogP contribution in [-0.4, -0.2) is 23.8 Å². The summed E-state index contributed by atoms with van der Waals surface area (Å²) in [7, 11) is 0. The van der Waals surface area contributed by atoms with Crippen LogP contribution in [0.2, 0.25) is 0 Å². The lowest BCUT2D eigenvalue weighted by Gasteiger charge is -2.14. The fraction of sp³-hybridized carbons (Fsp3) is 0.263. The summed E-state index contributed by atoms with van der Waals surface area (Å²) in [6.07, 6.45) is 0.622. The van der Waals surface area contributed by atoms with Gasteiger partial charge in [0.1, 0.15) is 13.2 Å². The highest BCUT2D eigenvalue weighted by Gasteiger charge is 2.18. The Bertz CT molecular complexity index is 646. The van der Waals surface area contributed by atoms with Gasteiger partial charge in [0.25, 0.3) is 0 Å². The molecule has 5 heteroatoms. The third-order valence-electron chi connectivity index (χ3n) is 3.53. The zero-order chi connectivity index (χ0) is 17.2. The molecule has 1 N–H and O–H groups in total. The topological polar surface area (TPSA) is 55.4 Å². The summed E-state index contributed by atoms with van der Waals surface area (Å²) < 4.78 is 5.14. The van der Waals surface area contributed by atoms with Crippen molar-refractivity contribution < 1.29 is 14.3 Å². The Balaban J connectivity index is 1.75. The molecule has 0 saturated carbocycles. The second-order valence-corrected chi connectivity index (χ2v) is 6.05. The van der Waals surface area contributed by atoms with E-state index >= 15 is 0 Å². The average molecular weight is 390 g/mol. The minimum Gasteiger partial charge on any atom is -0.460 e. The number of carbonyl (C=O) groups excluding carboxylic acids is 2. The summed E-state index contributed by atoms with van der Waals surface area (Å²) in [5, 5.41) is 3.18. The van der Waals surface area contributed by atoms with E-state index in [-0.39, 0.29) is 25.0 Å². The molecule has 0 aromatic heterocycles. The summed E-state index contributed by atoms with van der Waals surface area (Å²) in [5.41, 5.74) is 2.00. The SMILES string of the molecule is O=C(CNC(=O)[C@H](CBr)Cc1ccccc1)OCc1ccccc1. The van der Waals surface area contributed by atoms with Gasteiger partial charge in [-0.25, -0.2) is 0 Å². The van der Waals surface area contributed by atoms with E-state index in [0.717, 1.165) is 11.1 Å². The van der Waals surface area contributed by atoms with E-state index in [1.807, 2.05) is 60.7 Å². The number of ether oxygens (including phenoxy) is 1. The number of nitrogens with one attached hydrogen (secondary N) is 1. The van der Waals surface area contributed by atoms with Gasteiger partial charge in [0.2, 0.25) is 5.91 Å². The minimum atomic E-state index is -0.444. The zero-order valence-corrected chi connectivity index (χ0v) is 14.9. The lowest BCUT2D eigenvalue weighted by atomic mass is 10.0. The molecule has 0 aliphatic carbocycles. The van der Waals surface area contributed by atoms with Crippen molar-refractivity contribution >= 4 is 27.8 Å². The monoisotopic (exact) mass is 389 g/mol. The molecule has 4 nitrogen and oxygen atoms in total. The fourth-order valence-corrected chi connectivity index (χ4v) is 2.73. The molecule has 0 radical (unpaired) electrons. The molecule has 0 saturated heterocycles. The standard InChI is InChI=1S/C19H20BrNO3/c20-12-17(11-15-7-3-1-4-8-15)19(23)21-13-18(22)24-14-16-9-5-2-6-10-16/h1-10,17H,11-14H2,(H,21,23)/t17-/m0/s1. The normalized spacial score (nSPS) is 11.5. The van der Waals surface area contributed by atoms with E-state index in [0.29, 0.717) is 11.8 Å². The van der Waals surface area contributed by atoms with Crippen molar-refractivity contribution in [2.75, 3.05) is 11.9 Å². The number of alkyl halides is 1. The maximum atomic E-state index is 12.2. The Morgan fingerprint density at radius 1 is 0.958 bits per heavy atom.